The van der Waals surface area contributed by atoms with E-state index in [4.69, 9.17) is 5.11 Å². The highest BCUT2D eigenvalue weighted by molar-refractivity contribution is 8.24. The highest BCUT2D eigenvalue weighted by Crippen LogP contribution is 2.31. The van der Waals surface area contributed by atoms with Crippen LogP contribution in [-0.2, 0) is 4.79 Å². The third kappa shape index (κ3) is 8.91. The Morgan fingerprint density at radius 1 is 1.36 bits per heavy atom. The fourth-order valence-corrected chi connectivity index (χ4v) is 3.93. The molecule has 0 rings (SSSR count). The lowest BCUT2D eigenvalue weighted by atomic mass is 10.3. The summed E-state index contributed by atoms with van der Waals surface area (Å²) < 4.78 is 0.360. The number of carbonyl (C=O) groups is 1. The van der Waals surface area contributed by atoms with Crippen LogP contribution < -0.4 is 0 Å². The molecular formula is C10H20O2S2. The van der Waals surface area contributed by atoms with E-state index in [-0.39, 0.29) is 11.7 Å². The third-order valence-electron chi connectivity index (χ3n) is 1.57. The number of aliphatic hydroxyl groups is 1. The summed E-state index contributed by atoms with van der Waals surface area (Å²) in [6.45, 7) is 6.16. The summed E-state index contributed by atoms with van der Waals surface area (Å²) >= 11 is 3.26. The zero-order valence-corrected chi connectivity index (χ0v) is 10.8. The number of aliphatic hydroxyl groups excluding tert-OH is 1. The van der Waals surface area contributed by atoms with Gasteiger partial charge in [0.25, 0.3) is 0 Å². The highest BCUT2D eigenvalue weighted by Gasteiger charge is 2.13. The lowest BCUT2D eigenvalue weighted by Gasteiger charge is -2.16. The Hall–Kier alpha value is 0.330. The second-order valence-corrected chi connectivity index (χ2v) is 6.91. The second-order valence-electron chi connectivity index (χ2n) is 3.44. The minimum absolute atomic E-state index is 0.187. The van der Waals surface area contributed by atoms with Crippen LogP contribution in [0.25, 0.3) is 0 Å². The van der Waals surface area contributed by atoms with Gasteiger partial charge in [0, 0.05) is 18.8 Å². The van der Waals surface area contributed by atoms with Crippen molar-refractivity contribution in [3.05, 3.63) is 0 Å². The van der Waals surface area contributed by atoms with Gasteiger partial charge in [0.1, 0.15) is 0 Å². The average molecular weight is 236 g/mol. The van der Waals surface area contributed by atoms with Crippen molar-refractivity contribution < 1.29 is 9.90 Å². The maximum Gasteiger partial charge on any atom is 0.186 e. The monoisotopic (exact) mass is 236 g/mol. The lowest BCUT2D eigenvalue weighted by molar-refractivity contribution is -0.109. The molecule has 1 atom stereocenters. The molecule has 1 unspecified atom stereocenters. The number of unbranched alkanes of at least 4 members (excludes halogenated alkanes) is 1. The van der Waals surface area contributed by atoms with Gasteiger partial charge in [0.15, 0.2) is 5.12 Å². The Kier molecular flexibility index (Phi) is 8.83. The summed E-state index contributed by atoms with van der Waals surface area (Å²) in [4.78, 5) is 11.0. The molecule has 0 aromatic heterocycles. The van der Waals surface area contributed by atoms with Crippen molar-refractivity contribution in [2.45, 2.75) is 49.9 Å². The summed E-state index contributed by atoms with van der Waals surface area (Å²) in [6.07, 6.45) is 2.85. The molecule has 0 saturated heterocycles. The molecule has 0 aliphatic rings. The van der Waals surface area contributed by atoms with E-state index in [9.17, 15) is 4.79 Å². The Morgan fingerprint density at radius 2 is 2.00 bits per heavy atom. The quantitative estimate of drug-likeness (QED) is 0.545. The van der Waals surface area contributed by atoms with Crippen LogP contribution in [0, 0.1) is 0 Å². The predicted octanol–water partition coefficient (Wildman–Crippen LogP) is 2.90. The number of carbonyl (C=O) groups excluding carboxylic acids is 1. The summed E-state index contributed by atoms with van der Waals surface area (Å²) in [5.74, 6) is 0. The molecule has 14 heavy (non-hydrogen) atoms. The standard InChI is InChI=1S/C10H20O2S2/c1-8(2)13-10(14-9(3)12)6-4-5-7-11/h8,10-11H,4-7H2,1-3H3. The van der Waals surface area contributed by atoms with Crippen LogP contribution in [0.5, 0.6) is 0 Å². The predicted molar refractivity (Wildman–Crippen MR) is 65.7 cm³/mol. The highest BCUT2D eigenvalue weighted by atomic mass is 32.2. The molecule has 0 heterocycles. The zero-order valence-electron chi connectivity index (χ0n) is 9.16. The van der Waals surface area contributed by atoms with Crippen LogP contribution >= 0.6 is 23.5 Å². The molecule has 1 N–H and O–H groups in total. The minimum Gasteiger partial charge on any atom is -0.396 e. The van der Waals surface area contributed by atoms with Gasteiger partial charge in [0.05, 0.1) is 4.58 Å². The molecule has 0 bridgehead atoms. The SMILES string of the molecule is CC(=O)SC(CCCCO)SC(C)C. The van der Waals surface area contributed by atoms with Crippen LogP contribution in [0.4, 0.5) is 0 Å². The first-order valence-electron chi connectivity index (χ1n) is 4.99. The van der Waals surface area contributed by atoms with Crippen molar-refractivity contribution in [1.29, 1.82) is 0 Å². The summed E-state index contributed by atoms with van der Waals surface area (Å²) in [5.41, 5.74) is 0. The molecule has 0 aromatic carbocycles. The molecule has 0 aliphatic heterocycles. The summed E-state index contributed by atoms with van der Waals surface area (Å²) in [6, 6.07) is 0. The topological polar surface area (TPSA) is 37.3 Å². The normalized spacial score (nSPS) is 13.2. The first-order valence-corrected chi connectivity index (χ1v) is 6.82. The van der Waals surface area contributed by atoms with Gasteiger partial charge in [-0.25, -0.2) is 0 Å². The number of rotatable bonds is 7. The Bertz CT molecular complexity index is 160. The van der Waals surface area contributed by atoms with E-state index in [1.165, 1.54) is 11.8 Å². The van der Waals surface area contributed by atoms with Crippen LogP contribution in [0.2, 0.25) is 0 Å². The van der Waals surface area contributed by atoms with E-state index >= 15 is 0 Å². The molecule has 0 saturated carbocycles. The van der Waals surface area contributed by atoms with Gasteiger partial charge in [-0.05, 0) is 19.3 Å². The number of hydrogen-bond acceptors (Lipinski definition) is 4. The van der Waals surface area contributed by atoms with Crippen LogP contribution in [0.3, 0.4) is 0 Å². The summed E-state index contributed by atoms with van der Waals surface area (Å²) in [7, 11) is 0. The Morgan fingerprint density at radius 3 is 2.43 bits per heavy atom. The zero-order chi connectivity index (χ0) is 11.0. The van der Waals surface area contributed by atoms with E-state index in [0.717, 1.165) is 19.3 Å². The third-order valence-corrected chi connectivity index (χ3v) is 4.11. The smallest absolute Gasteiger partial charge is 0.186 e. The lowest BCUT2D eigenvalue weighted by Crippen LogP contribution is -2.05. The molecular weight excluding hydrogens is 216 g/mol. The van der Waals surface area contributed by atoms with Gasteiger partial charge < -0.3 is 5.11 Å². The van der Waals surface area contributed by atoms with Gasteiger partial charge in [0.2, 0.25) is 0 Å². The van der Waals surface area contributed by atoms with Crippen molar-refractivity contribution in [2.75, 3.05) is 6.61 Å². The maximum absolute atomic E-state index is 11.0. The van der Waals surface area contributed by atoms with E-state index < -0.39 is 0 Å². The van der Waals surface area contributed by atoms with Crippen molar-refractivity contribution in [3.8, 4) is 0 Å². The molecule has 0 radical (unpaired) electrons. The fourth-order valence-electron chi connectivity index (χ4n) is 1.07. The van der Waals surface area contributed by atoms with Gasteiger partial charge in [-0.2, -0.15) is 0 Å². The molecule has 2 nitrogen and oxygen atoms in total. The second kappa shape index (κ2) is 8.62. The Labute approximate surface area is 95.2 Å². The largest absolute Gasteiger partial charge is 0.396 e. The van der Waals surface area contributed by atoms with Crippen molar-refractivity contribution in [1.82, 2.24) is 0 Å². The molecule has 84 valence electrons. The first-order chi connectivity index (χ1) is 6.56. The van der Waals surface area contributed by atoms with E-state index in [1.54, 1.807) is 6.92 Å². The van der Waals surface area contributed by atoms with Crippen LogP contribution in [0.1, 0.15) is 40.0 Å². The molecule has 0 amide bonds. The van der Waals surface area contributed by atoms with Crippen LogP contribution in [-0.4, -0.2) is 26.7 Å². The van der Waals surface area contributed by atoms with Crippen molar-refractivity contribution >= 4 is 28.6 Å². The molecule has 0 aliphatic carbocycles. The molecule has 4 heteroatoms. The van der Waals surface area contributed by atoms with Crippen LogP contribution in [0.15, 0.2) is 0 Å². The van der Waals surface area contributed by atoms with Crippen molar-refractivity contribution in [2.24, 2.45) is 0 Å². The van der Waals surface area contributed by atoms with Gasteiger partial charge in [-0.1, -0.05) is 25.6 Å². The fraction of sp³-hybridized carbons (Fsp3) is 0.900. The van der Waals surface area contributed by atoms with E-state index in [1.807, 2.05) is 11.8 Å². The number of hydrogen-bond donors (Lipinski definition) is 1. The van der Waals surface area contributed by atoms with E-state index in [0.29, 0.717) is 9.83 Å². The Balaban J connectivity index is 3.78. The van der Waals surface area contributed by atoms with Gasteiger partial charge >= 0.3 is 0 Å². The maximum atomic E-state index is 11.0. The minimum atomic E-state index is 0.187. The molecule has 0 fully saturated rings. The molecule has 0 aromatic rings. The summed E-state index contributed by atoms with van der Waals surface area (Å²) in [5, 5.41) is 9.41. The number of thioether (sulfide) groups is 2. The van der Waals surface area contributed by atoms with Crippen molar-refractivity contribution in [3.63, 3.8) is 0 Å². The van der Waals surface area contributed by atoms with E-state index in [2.05, 4.69) is 13.8 Å². The van der Waals surface area contributed by atoms with Gasteiger partial charge in [-0.15, -0.1) is 11.8 Å². The first kappa shape index (κ1) is 14.3. The van der Waals surface area contributed by atoms with Gasteiger partial charge in [-0.3, -0.25) is 4.79 Å². The average Bonchev–Trinajstić information content (AvgIpc) is 2.02. The molecule has 0 spiro atoms.